The van der Waals surface area contributed by atoms with Crippen molar-refractivity contribution in [2.45, 2.75) is 111 Å². The van der Waals surface area contributed by atoms with Gasteiger partial charge >= 0.3 is 6.03 Å². The molecule has 11 nitrogen and oxygen atoms in total. The third-order valence-electron chi connectivity index (χ3n) is 9.61. The van der Waals surface area contributed by atoms with Crippen LogP contribution in [0.5, 0.6) is 0 Å². The second-order valence-corrected chi connectivity index (χ2v) is 18.1. The average Bonchev–Trinajstić information content (AvgIpc) is 3.30. The molecule has 1 saturated heterocycles. The lowest BCUT2D eigenvalue weighted by molar-refractivity contribution is -0.144. The number of ketones is 3. The van der Waals surface area contributed by atoms with E-state index in [0.717, 1.165) is 0 Å². The molecule has 2 aliphatic rings. The van der Waals surface area contributed by atoms with Gasteiger partial charge in [-0.25, -0.2) is 13.2 Å². The predicted octanol–water partition coefficient (Wildman–Crippen LogP) is 4.58. The van der Waals surface area contributed by atoms with Gasteiger partial charge in [-0.2, -0.15) is 0 Å². The Kier molecular flexibility index (Phi) is 12.2. The van der Waals surface area contributed by atoms with E-state index in [2.05, 4.69) is 17.2 Å². The lowest BCUT2D eigenvalue weighted by atomic mass is 9.83. The number of piperidine rings is 1. The first-order chi connectivity index (χ1) is 22.5. The summed E-state index contributed by atoms with van der Waals surface area (Å²) in [6.45, 7) is 19.1. The van der Waals surface area contributed by atoms with Crippen LogP contribution in [0.1, 0.15) is 93.1 Å². The third-order valence-corrected chi connectivity index (χ3v) is 11.2. The van der Waals surface area contributed by atoms with Crippen molar-refractivity contribution in [1.29, 1.82) is 0 Å². The highest BCUT2D eigenvalue weighted by Gasteiger charge is 2.69. The second-order valence-electron chi connectivity index (χ2n) is 16.2. The molecule has 3 rings (SSSR count). The molecule has 1 unspecified atom stereocenters. The normalized spacial score (nSPS) is 21.1. The Balaban J connectivity index is 1.77. The zero-order valence-corrected chi connectivity index (χ0v) is 30.9. The van der Waals surface area contributed by atoms with Crippen LogP contribution in [0.3, 0.4) is 0 Å². The average molecular weight is 700 g/mol. The molecule has 0 spiro atoms. The van der Waals surface area contributed by atoms with E-state index < -0.39 is 86.0 Å². The van der Waals surface area contributed by atoms with Crippen LogP contribution in [-0.4, -0.2) is 71.9 Å². The van der Waals surface area contributed by atoms with Crippen molar-refractivity contribution in [2.75, 3.05) is 6.54 Å². The summed E-state index contributed by atoms with van der Waals surface area (Å²) in [4.78, 5) is 81.7. The number of likely N-dealkylation sites (tertiary alicyclic amines) is 1. The van der Waals surface area contributed by atoms with Gasteiger partial charge in [0, 0.05) is 37.3 Å². The number of fused-ring (bicyclic) bond motifs is 1. The maximum atomic E-state index is 14.1. The van der Waals surface area contributed by atoms with Gasteiger partial charge in [0.1, 0.15) is 6.04 Å². The van der Waals surface area contributed by atoms with Crippen molar-refractivity contribution < 1.29 is 37.2 Å². The summed E-state index contributed by atoms with van der Waals surface area (Å²) in [5.74, 6) is -4.13. The fourth-order valence-electron chi connectivity index (χ4n) is 6.81. The molecule has 270 valence electrons. The first-order valence-electron chi connectivity index (χ1n) is 16.9. The van der Waals surface area contributed by atoms with E-state index >= 15 is 0 Å². The number of urea groups is 1. The van der Waals surface area contributed by atoms with Crippen molar-refractivity contribution in [2.24, 2.45) is 28.6 Å². The number of sulfone groups is 1. The number of amides is 3. The molecule has 3 amide bonds. The number of nitrogens with zero attached hydrogens (tertiary/aromatic N) is 1. The topological polar surface area (TPSA) is 164 Å². The molecule has 1 saturated carbocycles. The first-order valence-corrected chi connectivity index (χ1v) is 18.6. The van der Waals surface area contributed by atoms with E-state index in [1.807, 2.05) is 55.4 Å². The molecule has 2 N–H and O–H groups in total. The van der Waals surface area contributed by atoms with Gasteiger partial charge in [0.05, 0.1) is 11.8 Å². The molecule has 1 aromatic rings. The number of Topliss-reactive ketones (excluding diaryl/α,β-unsaturated/α-hetero) is 3. The van der Waals surface area contributed by atoms with Gasteiger partial charge in [-0.05, 0) is 61.8 Å². The molecule has 0 radical (unpaired) electrons. The molecule has 49 heavy (non-hydrogen) atoms. The standard InChI is InChI=1S/C37H53N3O8S/c1-10-11-17-24(31(44)26(41)18-19-28(43)49(47,48)22-23-15-13-12-14-16-23)20-27(42)30-29-25(37(29,8)9)21-40(30)33(45)32(35(2,3)4)38-34(46)39-36(5,6)7/h10,12-16,24-25,29-30,32H,1,11,17-22H2,2-9H3,(H2,38,39,46)/t24?,25-,29-,30+,32+/m0/s1. The number of allylic oxidation sites excluding steroid dienone is 1. The van der Waals surface area contributed by atoms with Crippen LogP contribution in [0, 0.1) is 28.6 Å². The Labute approximate surface area is 290 Å². The van der Waals surface area contributed by atoms with E-state index in [-0.39, 0.29) is 35.9 Å². The van der Waals surface area contributed by atoms with Gasteiger partial charge in [0.15, 0.2) is 11.6 Å². The summed E-state index contributed by atoms with van der Waals surface area (Å²) >= 11 is 0. The summed E-state index contributed by atoms with van der Waals surface area (Å²) in [5.41, 5.74) is -1.02. The van der Waals surface area contributed by atoms with E-state index in [0.29, 0.717) is 18.5 Å². The van der Waals surface area contributed by atoms with Crippen LogP contribution in [0.2, 0.25) is 0 Å². The van der Waals surface area contributed by atoms with Gasteiger partial charge < -0.3 is 15.5 Å². The quantitative estimate of drug-likeness (QED) is 0.198. The van der Waals surface area contributed by atoms with E-state index in [9.17, 15) is 37.2 Å². The minimum absolute atomic E-state index is 0.0576. The largest absolute Gasteiger partial charge is 0.334 e. The van der Waals surface area contributed by atoms with Crippen molar-refractivity contribution in [3.63, 3.8) is 0 Å². The van der Waals surface area contributed by atoms with Crippen LogP contribution in [0.25, 0.3) is 0 Å². The first kappa shape index (κ1) is 39.8. The number of hydrogen-bond acceptors (Lipinski definition) is 8. The fraction of sp³-hybridized carbons (Fsp3) is 0.622. The molecule has 2 fully saturated rings. The smallest absolute Gasteiger partial charge is 0.315 e. The van der Waals surface area contributed by atoms with Crippen LogP contribution >= 0.6 is 0 Å². The number of benzene rings is 1. The number of nitrogens with one attached hydrogen (secondary N) is 2. The monoisotopic (exact) mass is 699 g/mol. The van der Waals surface area contributed by atoms with Gasteiger partial charge in [0.25, 0.3) is 0 Å². The van der Waals surface area contributed by atoms with Crippen LogP contribution in [0.4, 0.5) is 4.79 Å². The molecule has 0 aromatic heterocycles. The van der Waals surface area contributed by atoms with Gasteiger partial charge in [-0.1, -0.05) is 71.0 Å². The highest BCUT2D eigenvalue weighted by Crippen LogP contribution is 2.65. The summed E-state index contributed by atoms with van der Waals surface area (Å²) in [5, 5.41) is 4.50. The van der Waals surface area contributed by atoms with E-state index in [1.54, 1.807) is 36.4 Å². The molecule has 1 aromatic carbocycles. The lowest BCUT2D eigenvalue weighted by Gasteiger charge is -2.38. The summed E-state index contributed by atoms with van der Waals surface area (Å²) in [7, 11) is -4.20. The molecular formula is C37H53N3O8S. The predicted molar refractivity (Wildman–Crippen MR) is 187 cm³/mol. The van der Waals surface area contributed by atoms with Crippen LogP contribution < -0.4 is 10.6 Å². The number of hydrogen-bond donors (Lipinski definition) is 2. The zero-order chi connectivity index (χ0) is 37.1. The second kappa shape index (κ2) is 15.1. The Hall–Kier alpha value is -3.67. The SMILES string of the molecule is C=CCCC(CC(=O)[C@@H]1[C@@H]2[C@H](CN1C(=O)[C@@H](NC(=O)NC(C)(C)C)C(C)(C)C)C2(C)C)C(=O)C(=O)CCC(=O)S(=O)(=O)Cc1ccccc1. The van der Waals surface area contributed by atoms with Crippen molar-refractivity contribution >= 4 is 44.2 Å². The molecule has 0 bridgehead atoms. The number of carbonyl (C=O) groups excluding carboxylic acids is 6. The molecule has 1 aliphatic carbocycles. The zero-order valence-electron chi connectivity index (χ0n) is 30.1. The maximum absolute atomic E-state index is 14.1. The third kappa shape index (κ3) is 9.95. The molecule has 1 aliphatic heterocycles. The summed E-state index contributed by atoms with van der Waals surface area (Å²) in [6, 6.07) is 5.89. The van der Waals surface area contributed by atoms with E-state index in [1.165, 1.54) is 4.90 Å². The molecule has 5 atom stereocenters. The Morgan fingerprint density at radius 1 is 1.00 bits per heavy atom. The minimum Gasteiger partial charge on any atom is -0.334 e. The van der Waals surface area contributed by atoms with Gasteiger partial charge in [-0.3, -0.25) is 24.0 Å². The van der Waals surface area contributed by atoms with Crippen LogP contribution in [0.15, 0.2) is 43.0 Å². The Morgan fingerprint density at radius 3 is 2.16 bits per heavy atom. The Morgan fingerprint density at radius 2 is 1.61 bits per heavy atom. The number of rotatable bonds is 15. The minimum atomic E-state index is -4.20. The van der Waals surface area contributed by atoms with Crippen molar-refractivity contribution in [1.82, 2.24) is 15.5 Å². The highest BCUT2D eigenvalue weighted by atomic mass is 32.2. The van der Waals surface area contributed by atoms with Gasteiger partial charge in [0.2, 0.25) is 26.6 Å². The summed E-state index contributed by atoms with van der Waals surface area (Å²) in [6.07, 6.45) is 0.524. The lowest BCUT2D eigenvalue weighted by Crippen LogP contribution is -2.60. The number of carbonyl (C=O) groups is 6. The van der Waals surface area contributed by atoms with Gasteiger partial charge in [-0.15, -0.1) is 6.58 Å². The Bertz CT molecular complexity index is 1570. The molecule has 12 heteroatoms. The maximum Gasteiger partial charge on any atom is 0.315 e. The van der Waals surface area contributed by atoms with E-state index in [4.69, 9.17) is 0 Å². The molecule has 1 heterocycles. The van der Waals surface area contributed by atoms with Crippen LogP contribution in [-0.2, 0) is 39.6 Å². The summed E-state index contributed by atoms with van der Waals surface area (Å²) < 4.78 is 25.2. The fourth-order valence-corrected chi connectivity index (χ4v) is 8.01. The highest BCUT2D eigenvalue weighted by molar-refractivity contribution is 8.05. The van der Waals surface area contributed by atoms with Crippen molar-refractivity contribution in [3.05, 3.63) is 48.6 Å². The molecular weight excluding hydrogens is 646 g/mol. The van der Waals surface area contributed by atoms with Crippen molar-refractivity contribution in [3.8, 4) is 0 Å².